The number of esters is 2. The standard InChI is InChI=1S/C31H44F2O12S/c32-31(33,46(36,37)38)27(35)42-25-20-11-19-12-21(25)15-28(13-19,14-20)45-24(34)18-39-26(22-16-40-29(43-22)7-3-1-4-8-29)23-17-41-30(44-23)9-5-2-6-10-30/h19-23,25-26H,1-18H2,(H,36,37,38). The highest BCUT2D eigenvalue weighted by Gasteiger charge is 2.61. The van der Waals surface area contributed by atoms with Gasteiger partial charge in [0.05, 0.1) is 13.2 Å². The number of rotatable bonds is 9. The summed E-state index contributed by atoms with van der Waals surface area (Å²) >= 11 is 0. The number of carbonyl (C=O) groups is 2. The molecule has 0 radical (unpaired) electrons. The molecule has 1 N–H and O–H groups in total. The van der Waals surface area contributed by atoms with Crippen molar-refractivity contribution in [2.45, 2.75) is 143 Å². The third-order valence-corrected chi connectivity index (χ3v) is 12.2. The molecule has 2 spiro atoms. The summed E-state index contributed by atoms with van der Waals surface area (Å²) in [6.07, 6.45) is 9.41. The Labute approximate surface area is 267 Å². The van der Waals surface area contributed by atoms with Crippen molar-refractivity contribution in [2.75, 3.05) is 19.8 Å². The van der Waals surface area contributed by atoms with Crippen LogP contribution in [-0.2, 0) is 52.9 Å². The van der Waals surface area contributed by atoms with Gasteiger partial charge in [0.25, 0.3) is 0 Å². The fourth-order valence-corrected chi connectivity index (χ4v) is 9.85. The zero-order valence-corrected chi connectivity index (χ0v) is 26.7. The molecule has 0 aromatic rings. The Kier molecular flexibility index (Phi) is 8.71. The molecular formula is C31H44F2O12S. The first-order chi connectivity index (χ1) is 21.8. The number of ether oxygens (including phenoxy) is 7. The van der Waals surface area contributed by atoms with Crippen LogP contribution in [0, 0.1) is 17.8 Å². The van der Waals surface area contributed by atoms with Crippen LogP contribution in [0.5, 0.6) is 0 Å². The van der Waals surface area contributed by atoms with E-state index in [1.54, 1.807) is 0 Å². The summed E-state index contributed by atoms with van der Waals surface area (Å²) in [5, 5.41) is -5.06. The molecule has 6 aliphatic carbocycles. The summed E-state index contributed by atoms with van der Waals surface area (Å²) in [4.78, 5) is 25.5. The largest absolute Gasteiger partial charge is 0.465 e. The topological polar surface area (TPSA) is 153 Å². The molecule has 0 aromatic carbocycles. The van der Waals surface area contributed by atoms with Crippen molar-refractivity contribution in [3.8, 4) is 0 Å². The van der Waals surface area contributed by atoms with Gasteiger partial charge in [-0.15, -0.1) is 0 Å². The lowest BCUT2D eigenvalue weighted by atomic mass is 9.53. The molecule has 2 heterocycles. The van der Waals surface area contributed by atoms with Gasteiger partial charge in [-0.05, 0) is 63.7 Å². The van der Waals surface area contributed by atoms with Crippen LogP contribution in [0.1, 0.15) is 96.3 Å². The number of alkyl halides is 2. The molecule has 12 nitrogen and oxygen atoms in total. The Hall–Kier alpha value is -1.49. The minimum Gasteiger partial charge on any atom is -0.457 e. The number of hydrogen-bond acceptors (Lipinski definition) is 11. The van der Waals surface area contributed by atoms with Gasteiger partial charge in [-0.2, -0.15) is 17.2 Å². The average molecular weight is 679 g/mol. The molecule has 4 atom stereocenters. The highest BCUT2D eigenvalue weighted by atomic mass is 32.2. The van der Waals surface area contributed by atoms with Crippen molar-refractivity contribution in [1.29, 1.82) is 0 Å². The second kappa shape index (κ2) is 12.1. The molecule has 4 unspecified atom stereocenters. The second-order valence-corrected chi connectivity index (χ2v) is 16.1. The molecule has 15 heteroatoms. The first-order valence-electron chi connectivity index (χ1n) is 16.8. The van der Waals surface area contributed by atoms with Crippen molar-refractivity contribution < 1.29 is 64.5 Å². The second-order valence-electron chi connectivity index (χ2n) is 14.6. The van der Waals surface area contributed by atoms with Gasteiger partial charge in [0.1, 0.15) is 36.6 Å². The smallest absolute Gasteiger partial charge is 0.457 e. The number of halogens is 2. The number of hydrogen-bond donors (Lipinski definition) is 1. The van der Waals surface area contributed by atoms with E-state index in [1.165, 1.54) is 0 Å². The van der Waals surface area contributed by atoms with E-state index in [4.69, 9.17) is 37.7 Å². The van der Waals surface area contributed by atoms with Gasteiger partial charge in [-0.3, -0.25) is 4.55 Å². The first-order valence-corrected chi connectivity index (χ1v) is 18.3. The van der Waals surface area contributed by atoms with E-state index >= 15 is 0 Å². The fourth-order valence-electron chi connectivity index (χ4n) is 9.59. The van der Waals surface area contributed by atoms with Crippen molar-refractivity contribution in [2.24, 2.45) is 17.8 Å². The highest BCUT2D eigenvalue weighted by molar-refractivity contribution is 7.87. The van der Waals surface area contributed by atoms with Gasteiger partial charge in [0, 0.05) is 37.5 Å². The maximum Gasteiger partial charge on any atom is 0.465 e. The molecule has 0 aromatic heterocycles. The summed E-state index contributed by atoms with van der Waals surface area (Å²) in [7, 11) is -5.97. The Morgan fingerprint density at radius 1 is 0.848 bits per heavy atom. The van der Waals surface area contributed by atoms with Gasteiger partial charge in [0.2, 0.25) is 0 Å². The molecule has 6 saturated carbocycles. The summed E-state index contributed by atoms with van der Waals surface area (Å²) in [6, 6.07) is 0. The van der Waals surface area contributed by atoms with Crippen LogP contribution in [0.4, 0.5) is 8.78 Å². The molecule has 8 rings (SSSR count). The predicted octanol–water partition coefficient (Wildman–Crippen LogP) is 4.04. The molecule has 4 bridgehead atoms. The maximum absolute atomic E-state index is 13.9. The van der Waals surface area contributed by atoms with E-state index in [0.29, 0.717) is 32.5 Å². The van der Waals surface area contributed by atoms with Crippen LogP contribution in [-0.4, -0.2) is 91.6 Å². The van der Waals surface area contributed by atoms with Gasteiger partial charge < -0.3 is 33.2 Å². The van der Waals surface area contributed by atoms with Crippen LogP contribution in [0.2, 0.25) is 0 Å². The average Bonchev–Trinajstić information content (AvgIpc) is 3.58. The van der Waals surface area contributed by atoms with Crippen molar-refractivity contribution in [1.82, 2.24) is 0 Å². The lowest BCUT2D eigenvalue weighted by Crippen LogP contribution is -2.60. The van der Waals surface area contributed by atoms with Crippen molar-refractivity contribution in [3.05, 3.63) is 0 Å². The Balaban J connectivity index is 0.996. The minimum atomic E-state index is -5.97. The number of carbonyl (C=O) groups excluding carboxylic acids is 2. The molecule has 2 aliphatic heterocycles. The quantitative estimate of drug-likeness (QED) is 0.277. The van der Waals surface area contributed by atoms with Crippen LogP contribution >= 0.6 is 0 Å². The van der Waals surface area contributed by atoms with Crippen molar-refractivity contribution >= 4 is 22.1 Å². The van der Waals surface area contributed by atoms with Crippen LogP contribution in [0.25, 0.3) is 0 Å². The summed E-state index contributed by atoms with van der Waals surface area (Å²) in [6.45, 7) is 0.279. The molecule has 46 heavy (non-hydrogen) atoms. The van der Waals surface area contributed by atoms with Crippen LogP contribution < -0.4 is 0 Å². The molecule has 2 saturated heterocycles. The summed E-state index contributed by atoms with van der Waals surface area (Å²) in [5.74, 6) is -4.78. The van der Waals surface area contributed by atoms with E-state index in [0.717, 1.165) is 64.2 Å². The third kappa shape index (κ3) is 6.22. The molecule has 8 fully saturated rings. The first kappa shape index (κ1) is 33.0. The zero-order chi connectivity index (χ0) is 32.4. The van der Waals surface area contributed by atoms with Gasteiger partial charge in [-0.25, -0.2) is 9.59 Å². The maximum atomic E-state index is 13.9. The SMILES string of the molecule is O=C(COC(C1COC2(CCCCC2)O1)C1COC2(CCCCC2)O1)OC12CC3CC(C1)C(OC(=O)C(F)(F)S(=O)(=O)O)C(C3)C2. The fraction of sp³-hybridized carbons (Fsp3) is 0.935. The van der Waals surface area contributed by atoms with Gasteiger partial charge in [-0.1, -0.05) is 12.8 Å². The van der Waals surface area contributed by atoms with Crippen LogP contribution in [0.3, 0.4) is 0 Å². The van der Waals surface area contributed by atoms with E-state index in [1.807, 2.05) is 0 Å². The van der Waals surface area contributed by atoms with E-state index < -0.39 is 68.9 Å². The molecular weight excluding hydrogens is 634 g/mol. The lowest BCUT2D eigenvalue weighted by Gasteiger charge is -2.58. The zero-order valence-electron chi connectivity index (χ0n) is 25.9. The van der Waals surface area contributed by atoms with Crippen LogP contribution in [0.15, 0.2) is 0 Å². The highest BCUT2D eigenvalue weighted by Crippen LogP contribution is 2.58. The molecule has 8 aliphatic rings. The van der Waals surface area contributed by atoms with E-state index in [2.05, 4.69) is 0 Å². The van der Waals surface area contributed by atoms with E-state index in [9.17, 15) is 26.8 Å². The Morgan fingerprint density at radius 2 is 1.37 bits per heavy atom. The molecule has 0 amide bonds. The summed E-state index contributed by atoms with van der Waals surface area (Å²) < 4.78 is 102. The van der Waals surface area contributed by atoms with Gasteiger partial charge in [0.15, 0.2) is 11.6 Å². The molecule has 260 valence electrons. The Bertz CT molecular complexity index is 1230. The Morgan fingerprint density at radius 3 is 1.87 bits per heavy atom. The van der Waals surface area contributed by atoms with Crippen molar-refractivity contribution in [3.63, 3.8) is 0 Å². The predicted molar refractivity (Wildman–Crippen MR) is 152 cm³/mol. The normalized spacial score (nSPS) is 38.7. The monoisotopic (exact) mass is 678 g/mol. The lowest BCUT2D eigenvalue weighted by molar-refractivity contribution is -0.231. The summed E-state index contributed by atoms with van der Waals surface area (Å²) in [5.41, 5.74) is -0.862. The third-order valence-electron chi connectivity index (χ3n) is 11.4. The minimum absolute atomic E-state index is 0.141. The van der Waals surface area contributed by atoms with E-state index in [-0.39, 0.29) is 37.2 Å². The van der Waals surface area contributed by atoms with Gasteiger partial charge >= 0.3 is 27.3 Å².